The first kappa shape index (κ1) is 20.0. The van der Waals surface area contributed by atoms with Gasteiger partial charge < -0.3 is 4.74 Å². The van der Waals surface area contributed by atoms with Crippen molar-refractivity contribution in [2.75, 3.05) is 12.4 Å². The summed E-state index contributed by atoms with van der Waals surface area (Å²) in [4.78, 5) is 17.1. The van der Waals surface area contributed by atoms with E-state index in [1.54, 1.807) is 33.1 Å². The van der Waals surface area contributed by atoms with Crippen molar-refractivity contribution in [3.05, 3.63) is 59.5 Å². The molecule has 1 N–H and O–H groups in total. The number of nitrogens with zero attached hydrogens (tertiary/aromatic N) is 1. The summed E-state index contributed by atoms with van der Waals surface area (Å²) in [6.45, 7) is 3.22. The Kier molecular flexibility index (Phi) is 5.81. The number of thiazole rings is 1. The fourth-order valence-corrected chi connectivity index (χ4v) is 4.30. The SMILES string of the molecule is COc1ccc(-c2csc(NC(=O)c3cccc(S(=O)(=O)C(C)C)c3)n2)cc1. The number of aromatic nitrogens is 1. The lowest BCUT2D eigenvalue weighted by Gasteiger charge is -2.09. The summed E-state index contributed by atoms with van der Waals surface area (Å²) < 4.78 is 29.8. The van der Waals surface area contributed by atoms with Crippen LogP contribution < -0.4 is 10.1 Å². The second-order valence-electron chi connectivity index (χ2n) is 6.34. The normalized spacial score (nSPS) is 11.4. The number of rotatable bonds is 6. The summed E-state index contributed by atoms with van der Waals surface area (Å²) in [6.07, 6.45) is 0. The molecule has 1 heterocycles. The van der Waals surface area contributed by atoms with Gasteiger partial charge in [-0.15, -0.1) is 11.3 Å². The van der Waals surface area contributed by atoms with Gasteiger partial charge in [0, 0.05) is 16.5 Å². The molecule has 0 saturated carbocycles. The van der Waals surface area contributed by atoms with Crippen LogP contribution in [0.1, 0.15) is 24.2 Å². The van der Waals surface area contributed by atoms with Crippen molar-refractivity contribution in [1.82, 2.24) is 4.98 Å². The molecule has 0 fully saturated rings. The number of hydrogen-bond donors (Lipinski definition) is 1. The molecule has 0 spiro atoms. The topological polar surface area (TPSA) is 85.4 Å². The number of sulfone groups is 1. The van der Waals surface area contributed by atoms with Crippen LogP contribution in [-0.4, -0.2) is 31.7 Å². The second kappa shape index (κ2) is 8.12. The molecule has 0 radical (unpaired) electrons. The number of carbonyl (C=O) groups excluding carboxylic acids is 1. The van der Waals surface area contributed by atoms with E-state index in [4.69, 9.17) is 4.74 Å². The van der Waals surface area contributed by atoms with Crippen LogP contribution in [0.4, 0.5) is 5.13 Å². The van der Waals surface area contributed by atoms with E-state index in [0.717, 1.165) is 17.0 Å². The van der Waals surface area contributed by atoms with Gasteiger partial charge in [0.25, 0.3) is 5.91 Å². The summed E-state index contributed by atoms with van der Waals surface area (Å²) in [5.74, 6) is 0.347. The predicted molar refractivity (Wildman–Crippen MR) is 111 cm³/mol. The van der Waals surface area contributed by atoms with Crippen LogP contribution >= 0.6 is 11.3 Å². The molecule has 3 aromatic rings. The number of ether oxygens (including phenoxy) is 1. The molecular weight excluding hydrogens is 396 g/mol. The van der Waals surface area contributed by atoms with Crippen molar-refractivity contribution in [3.8, 4) is 17.0 Å². The number of methoxy groups -OCH3 is 1. The molecule has 0 unspecified atom stereocenters. The highest BCUT2D eigenvalue weighted by molar-refractivity contribution is 7.92. The van der Waals surface area contributed by atoms with E-state index >= 15 is 0 Å². The van der Waals surface area contributed by atoms with E-state index in [-0.39, 0.29) is 10.5 Å². The minimum atomic E-state index is -3.45. The maximum atomic E-state index is 12.5. The highest BCUT2D eigenvalue weighted by Gasteiger charge is 2.20. The Morgan fingerprint density at radius 1 is 1.14 bits per heavy atom. The molecule has 8 heteroatoms. The molecule has 0 atom stereocenters. The Bertz CT molecular complexity index is 1090. The number of carbonyl (C=O) groups is 1. The first-order chi connectivity index (χ1) is 13.3. The molecule has 0 bridgehead atoms. The lowest BCUT2D eigenvalue weighted by molar-refractivity contribution is 0.102. The van der Waals surface area contributed by atoms with Gasteiger partial charge in [-0.2, -0.15) is 0 Å². The van der Waals surface area contributed by atoms with Crippen molar-refractivity contribution >= 4 is 32.2 Å². The third-order valence-electron chi connectivity index (χ3n) is 4.16. The Balaban J connectivity index is 1.78. The Labute approximate surface area is 168 Å². The summed E-state index contributed by atoms with van der Waals surface area (Å²) in [5, 5.41) is 4.45. The van der Waals surface area contributed by atoms with Crippen LogP contribution in [0.25, 0.3) is 11.3 Å². The maximum absolute atomic E-state index is 12.5. The van der Waals surface area contributed by atoms with Gasteiger partial charge in [0.1, 0.15) is 5.75 Å². The quantitative estimate of drug-likeness (QED) is 0.649. The zero-order valence-electron chi connectivity index (χ0n) is 15.7. The third-order valence-corrected chi connectivity index (χ3v) is 7.07. The van der Waals surface area contributed by atoms with Crippen LogP contribution in [0.3, 0.4) is 0 Å². The Hall–Kier alpha value is -2.71. The lowest BCUT2D eigenvalue weighted by atomic mass is 10.2. The van der Waals surface area contributed by atoms with Crippen LogP contribution in [0.2, 0.25) is 0 Å². The Morgan fingerprint density at radius 3 is 2.50 bits per heavy atom. The molecule has 6 nitrogen and oxygen atoms in total. The van der Waals surface area contributed by atoms with Gasteiger partial charge in [0.15, 0.2) is 15.0 Å². The van der Waals surface area contributed by atoms with E-state index in [1.165, 1.54) is 23.5 Å². The van der Waals surface area contributed by atoms with E-state index in [2.05, 4.69) is 10.3 Å². The van der Waals surface area contributed by atoms with Crippen molar-refractivity contribution in [2.45, 2.75) is 24.0 Å². The monoisotopic (exact) mass is 416 g/mol. The van der Waals surface area contributed by atoms with Gasteiger partial charge in [-0.3, -0.25) is 10.1 Å². The van der Waals surface area contributed by atoms with Gasteiger partial charge in [-0.1, -0.05) is 6.07 Å². The van der Waals surface area contributed by atoms with Gasteiger partial charge in [-0.25, -0.2) is 13.4 Å². The highest BCUT2D eigenvalue weighted by Crippen LogP contribution is 2.27. The third kappa shape index (κ3) is 4.23. The summed E-state index contributed by atoms with van der Waals surface area (Å²) >= 11 is 1.30. The summed E-state index contributed by atoms with van der Waals surface area (Å²) in [7, 11) is -1.84. The molecule has 28 heavy (non-hydrogen) atoms. The molecule has 2 aromatic carbocycles. The number of amides is 1. The molecule has 1 amide bonds. The van der Waals surface area contributed by atoms with Crippen molar-refractivity contribution in [3.63, 3.8) is 0 Å². The molecule has 3 rings (SSSR count). The van der Waals surface area contributed by atoms with Crippen molar-refractivity contribution in [2.24, 2.45) is 0 Å². The standard InChI is InChI=1S/C20H20N2O4S2/c1-13(2)28(24,25)17-6-4-5-15(11-17)19(23)22-20-21-18(12-27-20)14-7-9-16(26-3)10-8-14/h4-13H,1-3H3,(H,21,22,23). The minimum Gasteiger partial charge on any atom is -0.497 e. The molecule has 0 aliphatic carbocycles. The van der Waals surface area contributed by atoms with Crippen LogP contribution in [0, 0.1) is 0 Å². The van der Waals surface area contributed by atoms with E-state index in [9.17, 15) is 13.2 Å². The number of nitrogens with one attached hydrogen (secondary N) is 1. The molecular formula is C20H20N2O4S2. The molecule has 0 saturated heterocycles. The molecule has 146 valence electrons. The zero-order valence-corrected chi connectivity index (χ0v) is 17.3. The lowest BCUT2D eigenvalue weighted by Crippen LogP contribution is -2.16. The molecule has 0 aliphatic heterocycles. The number of anilines is 1. The second-order valence-corrected chi connectivity index (χ2v) is 9.70. The smallest absolute Gasteiger partial charge is 0.257 e. The maximum Gasteiger partial charge on any atom is 0.257 e. The fourth-order valence-electron chi connectivity index (χ4n) is 2.48. The van der Waals surface area contributed by atoms with E-state index in [0.29, 0.717) is 5.13 Å². The zero-order chi connectivity index (χ0) is 20.3. The average molecular weight is 417 g/mol. The molecule has 0 aliphatic rings. The highest BCUT2D eigenvalue weighted by atomic mass is 32.2. The number of benzene rings is 2. The Morgan fingerprint density at radius 2 is 1.86 bits per heavy atom. The molecule has 1 aromatic heterocycles. The van der Waals surface area contributed by atoms with Crippen molar-refractivity contribution < 1.29 is 17.9 Å². The largest absolute Gasteiger partial charge is 0.497 e. The first-order valence-corrected chi connectivity index (χ1v) is 11.0. The first-order valence-electron chi connectivity index (χ1n) is 8.56. The van der Waals surface area contributed by atoms with Gasteiger partial charge >= 0.3 is 0 Å². The van der Waals surface area contributed by atoms with Crippen LogP contribution in [-0.2, 0) is 9.84 Å². The minimum absolute atomic E-state index is 0.133. The summed E-state index contributed by atoms with van der Waals surface area (Å²) in [6, 6.07) is 13.5. The fraction of sp³-hybridized carbons (Fsp3) is 0.200. The average Bonchev–Trinajstić information content (AvgIpc) is 3.16. The van der Waals surface area contributed by atoms with Gasteiger partial charge in [-0.05, 0) is 56.3 Å². The summed E-state index contributed by atoms with van der Waals surface area (Å²) in [5.41, 5.74) is 1.91. The number of hydrogen-bond acceptors (Lipinski definition) is 6. The van der Waals surface area contributed by atoms with Crippen LogP contribution in [0.5, 0.6) is 5.75 Å². The van der Waals surface area contributed by atoms with Crippen molar-refractivity contribution in [1.29, 1.82) is 0 Å². The van der Waals surface area contributed by atoms with Gasteiger partial charge in [0.2, 0.25) is 0 Å². The predicted octanol–water partition coefficient (Wildman–Crippen LogP) is 4.25. The van der Waals surface area contributed by atoms with Gasteiger partial charge in [0.05, 0.1) is 22.9 Å². The van der Waals surface area contributed by atoms with E-state index in [1.807, 2.05) is 29.6 Å². The van der Waals surface area contributed by atoms with E-state index < -0.39 is 21.0 Å². The van der Waals surface area contributed by atoms with Crippen LogP contribution in [0.15, 0.2) is 58.8 Å².